The molecule has 1 heterocycles. The summed E-state index contributed by atoms with van der Waals surface area (Å²) < 4.78 is 0. The van der Waals surface area contributed by atoms with E-state index >= 15 is 0 Å². The van der Waals surface area contributed by atoms with Crippen molar-refractivity contribution in [2.45, 2.75) is 63.2 Å². The largest absolute Gasteiger partial charge is 0.208 e. The van der Waals surface area contributed by atoms with Gasteiger partial charge >= 0.3 is 0 Å². The van der Waals surface area contributed by atoms with Crippen LogP contribution in [0.5, 0.6) is 0 Å². The van der Waals surface area contributed by atoms with Crippen molar-refractivity contribution in [2.24, 2.45) is 17.8 Å². The van der Waals surface area contributed by atoms with Gasteiger partial charge in [-0.2, -0.15) is 5.26 Å². The van der Waals surface area contributed by atoms with Gasteiger partial charge in [0.15, 0.2) is 17.5 Å². The SMILES string of the molecule is CC1(C)c2ccc(C#N)cc2-c2cccc(-c3nc(-c4ccc(C56C[C@H]7C[C@H](C5)C[C@@H](C6)C7)cc4)nc(-c4cccc5ccccc45)n3)c21. The van der Waals surface area contributed by atoms with Crippen LogP contribution in [0.15, 0.2) is 103 Å². The maximum absolute atomic E-state index is 9.70. The van der Waals surface area contributed by atoms with Gasteiger partial charge in [-0.15, -0.1) is 0 Å². The van der Waals surface area contributed by atoms with Gasteiger partial charge in [0.1, 0.15) is 0 Å². The molecule has 0 unspecified atom stereocenters. The molecule has 0 amide bonds. The summed E-state index contributed by atoms with van der Waals surface area (Å²) in [4.78, 5) is 15.7. The molecule has 1 aromatic heterocycles. The van der Waals surface area contributed by atoms with Gasteiger partial charge in [-0.1, -0.05) is 105 Å². The predicted octanol–water partition coefficient (Wildman–Crippen LogP) is 10.7. The van der Waals surface area contributed by atoms with Crippen molar-refractivity contribution < 1.29 is 0 Å². The Hall–Kier alpha value is -5.14. The fourth-order valence-corrected chi connectivity index (χ4v) is 10.8. The molecule has 0 saturated heterocycles. The van der Waals surface area contributed by atoms with Crippen LogP contribution in [0.2, 0.25) is 0 Å². The van der Waals surface area contributed by atoms with E-state index in [1.807, 2.05) is 12.1 Å². The van der Waals surface area contributed by atoms with Crippen molar-refractivity contribution >= 4 is 10.8 Å². The van der Waals surface area contributed by atoms with E-state index in [4.69, 9.17) is 15.0 Å². The molecule has 5 aliphatic carbocycles. The lowest BCUT2D eigenvalue weighted by Crippen LogP contribution is -2.48. The van der Waals surface area contributed by atoms with Gasteiger partial charge in [0.05, 0.1) is 11.6 Å². The number of rotatable bonds is 4. The number of fused-ring (bicyclic) bond motifs is 4. The lowest BCUT2D eigenvalue weighted by Gasteiger charge is -2.57. The van der Waals surface area contributed by atoms with Crippen LogP contribution in [0.3, 0.4) is 0 Å². The van der Waals surface area contributed by atoms with Crippen molar-refractivity contribution in [3.8, 4) is 51.4 Å². The summed E-state index contributed by atoms with van der Waals surface area (Å²) in [6, 6.07) is 38.9. The number of hydrogen-bond acceptors (Lipinski definition) is 4. The zero-order chi connectivity index (χ0) is 32.9. The monoisotopic (exact) mass is 634 g/mol. The standard InChI is InChI=1S/C45H38N4/c1-44(2)39-18-13-27(26-46)22-38(39)35-10-6-12-37(40(35)44)43-48-41(47-42(49-43)36-11-5-8-31-7-3-4-9-34(31)36)32-14-16-33(17-15-32)45-23-28-19-29(24-45)21-30(20-28)25-45/h3-18,22,28-30H,19-21,23-25H2,1-2H3/t28-,29-,30-,45?. The van der Waals surface area contributed by atoms with E-state index in [1.165, 1.54) is 55.2 Å². The van der Waals surface area contributed by atoms with E-state index < -0.39 is 0 Å². The maximum atomic E-state index is 9.70. The molecule has 5 aromatic carbocycles. The van der Waals surface area contributed by atoms with Crippen molar-refractivity contribution in [3.05, 3.63) is 125 Å². The normalized spacial score (nSPS) is 24.1. The molecule has 0 spiro atoms. The Labute approximate surface area is 287 Å². The third kappa shape index (κ3) is 4.38. The molecule has 49 heavy (non-hydrogen) atoms. The Morgan fingerprint density at radius 2 is 1.22 bits per heavy atom. The highest BCUT2D eigenvalue weighted by Crippen LogP contribution is 2.61. The van der Waals surface area contributed by atoms with Crippen LogP contribution in [0.25, 0.3) is 56.1 Å². The second kappa shape index (κ2) is 10.4. The molecule has 4 fully saturated rings. The Morgan fingerprint density at radius 1 is 0.612 bits per heavy atom. The number of aromatic nitrogens is 3. The Bertz CT molecular complexity index is 2320. The number of benzene rings is 5. The summed E-state index contributed by atoms with van der Waals surface area (Å²) >= 11 is 0. The predicted molar refractivity (Wildman–Crippen MR) is 196 cm³/mol. The molecule has 6 aromatic rings. The summed E-state index contributed by atoms with van der Waals surface area (Å²) in [6.07, 6.45) is 8.41. The highest BCUT2D eigenvalue weighted by Gasteiger charge is 2.51. The number of nitriles is 1. The van der Waals surface area contributed by atoms with Gasteiger partial charge in [0.25, 0.3) is 0 Å². The third-order valence-electron chi connectivity index (χ3n) is 12.5. The van der Waals surface area contributed by atoms with Gasteiger partial charge in [0.2, 0.25) is 0 Å². The smallest absolute Gasteiger partial charge is 0.164 e. The minimum Gasteiger partial charge on any atom is -0.208 e. The van der Waals surface area contributed by atoms with Gasteiger partial charge in [-0.25, -0.2) is 15.0 Å². The van der Waals surface area contributed by atoms with Crippen LogP contribution in [0.1, 0.15) is 74.6 Å². The van der Waals surface area contributed by atoms with E-state index in [0.29, 0.717) is 28.5 Å². The minimum atomic E-state index is -0.291. The lowest BCUT2D eigenvalue weighted by molar-refractivity contribution is -0.00518. The average Bonchev–Trinajstić information content (AvgIpc) is 3.36. The molecule has 238 valence electrons. The molecule has 0 N–H and O–H groups in total. The van der Waals surface area contributed by atoms with E-state index in [9.17, 15) is 5.26 Å². The molecule has 11 rings (SSSR count). The molecular formula is C45H38N4. The average molecular weight is 635 g/mol. The molecule has 4 nitrogen and oxygen atoms in total. The van der Waals surface area contributed by atoms with Gasteiger partial charge in [0, 0.05) is 22.1 Å². The number of nitrogens with zero attached hydrogens (tertiary/aromatic N) is 4. The first-order chi connectivity index (χ1) is 23.9. The second-order valence-corrected chi connectivity index (χ2v) is 15.8. The van der Waals surface area contributed by atoms with E-state index in [1.54, 1.807) is 0 Å². The Balaban J connectivity index is 1.14. The fraction of sp³-hybridized carbons (Fsp3) is 0.289. The van der Waals surface area contributed by atoms with Crippen molar-refractivity contribution in [3.63, 3.8) is 0 Å². The molecule has 0 atom stereocenters. The van der Waals surface area contributed by atoms with Crippen LogP contribution in [-0.2, 0) is 10.8 Å². The van der Waals surface area contributed by atoms with E-state index in [2.05, 4.69) is 111 Å². The van der Waals surface area contributed by atoms with Crippen LogP contribution in [0.4, 0.5) is 0 Å². The van der Waals surface area contributed by atoms with Crippen LogP contribution in [-0.4, -0.2) is 15.0 Å². The summed E-state index contributed by atoms with van der Waals surface area (Å²) in [6.45, 7) is 4.54. The first kappa shape index (κ1) is 28.8. The summed E-state index contributed by atoms with van der Waals surface area (Å²) in [5.74, 6) is 4.79. The van der Waals surface area contributed by atoms with Gasteiger partial charge < -0.3 is 0 Å². The Morgan fingerprint density at radius 3 is 1.96 bits per heavy atom. The number of hydrogen-bond donors (Lipinski definition) is 0. The second-order valence-electron chi connectivity index (χ2n) is 15.8. The van der Waals surface area contributed by atoms with E-state index in [-0.39, 0.29) is 5.41 Å². The molecular weight excluding hydrogens is 597 g/mol. The molecule has 4 saturated carbocycles. The van der Waals surface area contributed by atoms with Gasteiger partial charge in [-0.3, -0.25) is 0 Å². The highest BCUT2D eigenvalue weighted by molar-refractivity contribution is 5.95. The Kier molecular flexibility index (Phi) is 6.14. The van der Waals surface area contributed by atoms with Gasteiger partial charge in [-0.05, 0) is 112 Å². The molecule has 5 aliphatic rings. The third-order valence-corrected chi connectivity index (χ3v) is 12.5. The van der Waals surface area contributed by atoms with Crippen LogP contribution in [0, 0.1) is 29.1 Å². The van der Waals surface area contributed by atoms with Crippen molar-refractivity contribution in [2.75, 3.05) is 0 Å². The van der Waals surface area contributed by atoms with E-state index in [0.717, 1.165) is 56.3 Å². The molecule has 0 radical (unpaired) electrons. The molecule has 0 aliphatic heterocycles. The zero-order valence-electron chi connectivity index (χ0n) is 28.1. The van der Waals surface area contributed by atoms with Crippen LogP contribution < -0.4 is 0 Å². The quantitative estimate of drug-likeness (QED) is 0.194. The maximum Gasteiger partial charge on any atom is 0.164 e. The van der Waals surface area contributed by atoms with Crippen molar-refractivity contribution in [1.29, 1.82) is 5.26 Å². The first-order valence-corrected chi connectivity index (χ1v) is 17.9. The summed E-state index contributed by atoms with van der Waals surface area (Å²) in [5.41, 5.74) is 9.94. The topological polar surface area (TPSA) is 62.5 Å². The van der Waals surface area contributed by atoms with Crippen molar-refractivity contribution in [1.82, 2.24) is 15.0 Å². The summed E-state index contributed by atoms with van der Waals surface area (Å²) in [7, 11) is 0. The fourth-order valence-electron chi connectivity index (χ4n) is 10.8. The highest BCUT2D eigenvalue weighted by atomic mass is 15.0. The molecule has 4 bridgehead atoms. The zero-order valence-corrected chi connectivity index (χ0v) is 28.1. The van der Waals surface area contributed by atoms with Crippen LogP contribution >= 0.6 is 0 Å². The lowest BCUT2D eigenvalue weighted by atomic mass is 9.48. The molecule has 4 heteroatoms. The minimum absolute atomic E-state index is 0.291. The first-order valence-electron chi connectivity index (χ1n) is 17.9. The summed E-state index contributed by atoms with van der Waals surface area (Å²) in [5, 5.41) is 12.0.